The first-order chi connectivity index (χ1) is 6.91. The monoisotopic (exact) mass is 224 g/mol. The Morgan fingerprint density at radius 1 is 1.40 bits per heavy atom. The molecule has 1 atom stereocenters. The van der Waals surface area contributed by atoms with E-state index in [0.29, 0.717) is 19.0 Å². The lowest BCUT2D eigenvalue weighted by molar-refractivity contribution is -0.165. The van der Waals surface area contributed by atoms with Crippen LogP contribution in [0.3, 0.4) is 0 Å². The predicted molar refractivity (Wildman–Crippen MR) is 53.5 cm³/mol. The molecule has 0 aromatic carbocycles. The summed E-state index contributed by atoms with van der Waals surface area (Å²) in [4.78, 5) is 0. The number of hydrogen-bond acceptors (Lipinski definition) is 2. The van der Waals surface area contributed by atoms with E-state index in [2.05, 4.69) is 5.32 Å². The molecule has 0 heterocycles. The Hall–Kier alpha value is -0.290. The molecule has 1 rings (SSSR count). The zero-order valence-electron chi connectivity index (χ0n) is 9.03. The van der Waals surface area contributed by atoms with Gasteiger partial charge in [0.1, 0.15) is 5.54 Å². The Morgan fingerprint density at radius 3 is 2.40 bits per heavy atom. The first kappa shape index (κ1) is 12.8. The highest BCUT2D eigenvalue weighted by Gasteiger charge is 2.62. The van der Waals surface area contributed by atoms with Gasteiger partial charge in [-0.15, -0.1) is 0 Å². The Labute approximate surface area is 88.4 Å². The van der Waals surface area contributed by atoms with Crippen molar-refractivity contribution in [1.29, 1.82) is 0 Å². The van der Waals surface area contributed by atoms with Crippen LogP contribution < -0.4 is 11.1 Å². The Kier molecular flexibility index (Phi) is 4.00. The Morgan fingerprint density at radius 2 is 2.00 bits per heavy atom. The Balaban J connectivity index is 2.16. The van der Waals surface area contributed by atoms with E-state index in [9.17, 15) is 13.2 Å². The van der Waals surface area contributed by atoms with Crippen molar-refractivity contribution in [2.45, 2.75) is 44.3 Å². The minimum absolute atomic E-state index is 0.225. The third-order valence-electron chi connectivity index (χ3n) is 3.03. The normalized spacial score (nSPS) is 21.4. The summed E-state index contributed by atoms with van der Waals surface area (Å²) in [5, 5.41) is 2.62. The molecule has 5 heteroatoms. The highest BCUT2D eigenvalue weighted by molar-refractivity contribution is 5.07. The number of nitrogens with two attached hydrogens (primary N) is 1. The minimum atomic E-state index is -4.09. The van der Waals surface area contributed by atoms with Gasteiger partial charge in [-0.3, -0.25) is 0 Å². The van der Waals surface area contributed by atoms with Gasteiger partial charge in [0.25, 0.3) is 0 Å². The van der Waals surface area contributed by atoms with E-state index < -0.39 is 11.7 Å². The molecular formula is C10H19F3N2. The maximum atomic E-state index is 12.5. The second-order valence-corrected chi connectivity index (χ2v) is 4.49. The van der Waals surface area contributed by atoms with E-state index in [1.807, 2.05) is 6.92 Å². The van der Waals surface area contributed by atoms with Crippen molar-refractivity contribution in [3.05, 3.63) is 0 Å². The van der Waals surface area contributed by atoms with Crippen LogP contribution in [0.5, 0.6) is 0 Å². The van der Waals surface area contributed by atoms with Crippen molar-refractivity contribution < 1.29 is 13.2 Å². The van der Waals surface area contributed by atoms with Gasteiger partial charge >= 0.3 is 6.18 Å². The fourth-order valence-corrected chi connectivity index (χ4v) is 1.58. The van der Waals surface area contributed by atoms with Crippen LogP contribution >= 0.6 is 0 Å². The minimum Gasteiger partial charge on any atom is -0.330 e. The molecule has 0 aromatic rings. The van der Waals surface area contributed by atoms with Crippen molar-refractivity contribution >= 4 is 0 Å². The van der Waals surface area contributed by atoms with Crippen molar-refractivity contribution in [1.82, 2.24) is 5.32 Å². The lowest BCUT2D eigenvalue weighted by atomic mass is 10.1. The van der Waals surface area contributed by atoms with E-state index >= 15 is 0 Å². The average Bonchev–Trinajstić information content (AvgIpc) is 2.92. The molecule has 90 valence electrons. The fourth-order valence-electron chi connectivity index (χ4n) is 1.58. The molecule has 0 amide bonds. The van der Waals surface area contributed by atoms with Gasteiger partial charge in [0, 0.05) is 0 Å². The molecule has 0 saturated heterocycles. The number of nitrogens with one attached hydrogen (secondary N) is 1. The van der Waals surface area contributed by atoms with Crippen LogP contribution in [0.25, 0.3) is 0 Å². The van der Waals surface area contributed by atoms with E-state index in [1.54, 1.807) is 0 Å². The molecular weight excluding hydrogens is 205 g/mol. The molecule has 1 aliphatic carbocycles. The van der Waals surface area contributed by atoms with Gasteiger partial charge in [0.15, 0.2) is 0 Å². The zero-order chi connectivity index (χ0) is 11.5. The number of rotatable bonds is 6. The van der Waals surface area contributed by atoms with Crippen LogP contribution in [0.2, 0.25) is 0 Å². The van der Waals surface area contributed by atoms with Gasteiger partial charge in [-0.2, -0.15) is 13.2 Å². The summed E-state index contributed by atoms with van der Waals surface area (Å²) < 4.78 is 37.4. The van der Waals surface area contributed by atoms with Crippen molar-refractivity contribution in [2.75, 3.05) is 13.1 Å². The lowest BCUT2D eigenvalue weighted by Crippen LogP contribution is -2.45. The topological polar surface area (TPSA) is 38.0 Å². The van der Waals surface area contributed by atoms with Crippen molar-refractivity contribution in [3.8, 4) is 0 Å². The quantitative estimate of drug-likeness (QED) is 0.678. The molecule has 0 aromatic heterocycles. The van der Waals surface area contributed by atoms with Gasteiger partial charge in [-0.1, -0.05) is 6.92 Å². The van der Waals surface area contributed by atoms with Crippen LogP contribution in [0.1, 0.15) is 32.6 Å². The second-order valence-electron chi connectivity index (χ2n) is 4.49. The molecule has 1 fully saturated rings. The van der Waals surface area contributed by atoms with Crippen molar-refractivity contribution in [3.63, 3.8) is 0 Å². The summed E-state index contributed by atoms with van der Waals surface area (Å²) in [6.07, 6.45) is -1.99. The summed E-state index contributed by atoms with van der Waals surface area (Å²) in [5.41, 5.74) is 3.86. The lowest BCUT2D eigenvalue weighted by Gasteiger charge is -2.21. The fraction of sp³-hybridized carbons (Fsp3) is 1.00. The number of hydrogen-bond donors (Lipinski definition) is 2. The highest BCUT2D eigenvalue weighted by Crippen LogP contribution is 2.48. The molecule has 15 heavy (non-hydrogen) atoms. The summed E-state index contributed by atoms with van der Waals surface area (Å²) in [5.74, 6) is 0.396. The SMILES string of the molecule is CC(CN)CCCNC1(C(F)(F)F)CC1. The van der Waals surface area contributed by atoms with Gasteiger partial charge in [0.2, 0.25) is 0 Å². The molecule has 1 aliphatic rings. The molecule has 2 nitrogen and oxygen atoms in total. The third kappa shape index (κ3) is 3.34. The van der Waals surface area contributed by atoms with Crippen LogP contribution in [0.4, 0.5) is 13.2 Å². The largest absolute Gasteiger partial charge is 0.406 e. The molecule has 1 saturated carbocycles. The second kappa shape index (κ2) is 4.70. The summed E-state index contributed by atoms with van der Waals surface area (Å²) >= 11 is 0. The summed E-state index contributed by atoms with van der Waals surface area (Å²) in [7, 11) is 0. The summed E-state index contributed by atoms with van der Waals surface area (Å²) in [6, 6.07) is 0. The van der Waals surface area contributed by atoms with Crippen molar-refractivity contribution in [2.24, 2.45) is 11.7 Å². The van der Waals surface area contributed by atoms with Gasteiger partial charge in [0.05, 0.1) is 0 Å². The zero-order valence-corrected chi connectivity index (χ0v) is 9.03. The third-order valence-corrected chi connectivity index (χ3v) is 3.03. The molecule has 0 radical (unpaired) electrons. The van der Waals surface area contributed by atoms with E-state index in [0.717, 1.165) is 12.8 Å². The van der Waals surface area contributed by atoms with Gasteiger partial charge in [-0.25, -0.2) is 0 Å². The first-order valence-corrected chi connectivity index (χ1v) is 5.43. The van der Waals surface area contributed by atoms with E-state index in [4.69, 9.17) is 5.73 Å². The summed E-state index contributed by atoms with van der Waals surface area (Å²) in [6.45, 7) is 3.05. The molecule has 0 bridgehead atoms. The maximum Gasteiger partial charge on any atom is 0.406 e. The molecule has 0 spiro atoms. The van der Waals surface area contributed by atoms with Gasteiger partial charge in [-0.05, 0) is 44.7 Å². The highest BCUT2D eigenvalue weighted by atomic mass is 19.4. The standard InChI is InChI=1S/C10H19F3N2/c1-8(7-14)3-2-6-15-9(4-5-9)10(11,12)13/h8,15H,2-7,14H2,1H3. The van der Waals surface area contributed by atoms with Crippen LogP contribution in [0, 0.1) is 5.92 Å². The maximum absolute atomic E-state index is 12.5. The van der Waals surface area contributed by atoms with Crippen LogP contribution in [-0.4, -0.2) is 24.8 Å². The number of halogens is 3. The van der Waals surface area contributed by atoms with Crippen LogP contribution in [0.15, 0.2) is 0 Å². The predicted octanol–water partition coefficient (Wildman–Crippen LogP) is 2.05. The van der Waals surface area contributed by atoms with Crippen LogP contribution in [-0.2, 0) is 0 Å². The average molecular weight is 224 g/mol. The smallest absolute Gasteiger partial charge is 0.330 e. The molecule has 0 aliphatic heterocycles. The van der Waals surface area contributed by atoms with E-state index in [-0.39, 0.29) is 12.8 Å². The first-order valence-electron chi connectivity index (χ1n) is 5.43. The molecule has 1 unspecified atom stereocenters. The number of alkyl halides is 3. The van der Waals surface area contributed by atoms with Gasteiger partial charge < -0.3 is 11.1 Å². The van der Waals surface area contributed by atoms with E-state index in [1.165, 1.54) is 0 Å². The Bertz CT molecular complexity index is 199. The molecule has 3 N–H and O–H groups in total.